The van der Waals surface area contributed by atoms with Crippen LogP contribution in [-0.2, 0) is 14.8 Å². The summed E-state index contributed by atoms with van der Waals surface area (Å²) < 4.78 is 40.0. The maximum Gasteiger partial charge on any atom is 0.243 e. The summed E-state index contributed by atoms with van der Waals surface area (Å²) >= 11 is 6.25. The van der Waals surface area contributed by atoms with Crippen molar-refractivity contribution in [2.75, 3.05) is 37.4 Å². The van der Waals surface area contributed by atoms with Crippen molar-refractivity contribution in [1.29, 1.82) is 0 Å². The van der Waals surface area contributed by atoms with Crippen LogP contribution in [0.2, 0.25) is 5.02 Å². The molecule has 1 heterocycles. The first-order valence-corrected chi connectivity index (χ1v) is 11.0. The molecular formula is C20H23ClFN3O3S. The Morgan fingerprint density at radius 1 is 1.21 bits per heavy atom. The SMILES string of the molecule is CN(C)c1ccc(NC(=O)C2CCCN(S(=O)(=O)c3ccc(F)cc3)C2)cc1Cl. The first-order valence-electron chi connectivity index (χ1n) is 9.22. The molecule has 156 valence electrons. The average Bonchev–Trinajstić information content (AvgIpc) is 2.68. The van der Waals surface area contributed by atoms with Crippen molar-refractivity contribution in [3.05, 3.63) is 53.3 Å². The molecule has 0 saturated carbocycles. The van der Waals surface area contributed by atoms with Gasteiger partial charge in [0.2, 0.25) is 15.9 Å². The lowest BCUT2D eigenvalue weighted by Crippen LogP contribution is -2.43. The smallest absolute Gasteiger partial charge is 0.243 e. The van der Waals surface area contributed by atoms with Crippen LogP contribution in [0.5, 0.6) is 0 Å². The molecular weight excluding hydrogens is 417 g/mol. The van der Waals surface area contributed by atoms with Gasteiger partial charge in [-0.3, -0.25) is 4.79 Å². The third-order valence-corrected chi connectivity index (χ3v) is 7.09. The monoisotopic (exact) mass is 439 g/mol. The van der Waals surface area contributed by atoms with Gasteiger partial charge in [-0.15, -0.1) is 0 Å². The summed E-state index contributed by atoms with van der Waals surface area (Å²) in [6, 6.07) is 9.94. The molecule has 0 bridgehead atoms. The molecule has 29 heavy (non-hydrogen) atoms. The molecule has 0 aliphatic carbocycles. The summed E-state index contributed by atoms with van der Waals surface area (Å²) in [6.07, 6.45) is 1.16. The second kappa shape index (κ2) is 8.69. The van der Waals surface area contributed by atoms with Gasteiger partial charge in [0.25, 0.3) is 0 Å². The zero-order chi connectivity index (χ0) is 21.2. The van der Waals surface area contributed by atoms with Gasteiger partial charge < -0.3 is 10.2 Å². The minimum atomic E-state index is -3.78. The van der Waals surface area contributed by atoms with E-state index >= 15 is 0 Å². The summed E-state index contributed by atoms with van der Waals surface area (Å²) in [5.41, 5.74) is 1.39. The molecule has 6 nitrogen and oxygen atoms in total. The Labute approximate surface area is 175 Å². The van der Waals surface area contributed by atoms with Crippen molar-refractivity contribution in [2.24, 2.45) is 5.92 Å². The van der Waals surface area contributed by atoms with Crippen molar-refractivity contribution in [3.63, 3.8) is 0 Å². The maximum absolute atomic E-state index is 13.1. The predicted octanol–water partition coefficient (Wildman–Crippen LogP) is 3.58. The van der Waals surface area contributed by atoms with E-state index in [1.165, 1.54) is 16.4 Å². The number of carbonyl (C=O) groups excluding carboxylic acids is 1. The number of carbonyl (C=O) groups is 1. The summed E-state index contributed by atoms with van der Waals surface area (Å²) in [5, 5.41) is 3.34. The lowest BCUT2D eigenvalue weighted by molar-refractivity contribution is -0.120. The first-order chi connectivity index (χ1) is 13.7. The quantitative estimate of drug-likeness (QED) is 0.773. The van der Waals surface area contributed by atoms with E-state index in [1.54, 1.807) is 12.1 Å². The molecule has 1 aliphatic rings. The molecule has 1 unspecified atom stereocenters. The third kappa shape index (κ3) is 4.88. The van der Waals surface area contributed by atoms with Crippen molar-refractivity contribution >= 4 is 38.9 Å². The van der Waals surface area contributed by atoms with Crippen LogP contribution in [-0.4, -0.2) is 45.8 Å². The minimum Gasteiger partial charge on any atom is -0.376 e. The first kappa shape index (κ1) is 21.5. The fourth-order valence-electron chi connectivity index (χ4n) is 3.32. The molecule has 1 N–H and O–H groups in total. The Morgan fingerprint density at radius 2 is 1.90 bits per heavy atom. The van der Waals surface area contributed by atoms with Crippen molar-refractivity contribution in [1.82, 2.24) is 4.31 Å². The fourth-order valence-corrected chi connectivity index (χ4v) is 5.20. The Balaban J connectivity index is 1.71. The molecule has 1 aliphatic heterocycles. The van der Waals surface area contributed by atoms with Crippen LogP contribution in [0.1, 0.15) is 12.8 Å². The van der Waals surface area contributed by atoms with Crippen molar-refractivity contribution in [2.45, 2.75) is 17.7 Å². The molecule has 2 aromatic carbocycles. The van der Waals surface area contributed by atoms with E-state index in [1.807, 2.05) is 25.1 Å². The number of sulfonamides is 1. The number of hydrogen-bond acceptors (Lipinski definition) is 4. The Bertz CT molecular complexity index is 997. The number of anilines is 2. The molecule has 1 saturated heterocycles. The highest BCUT2D eigenvalue weighted by Gasteiger charge is 2.33. The average molecular weight is 440 g/mol. The van der Waals surface area contributed by atoms with Crippen LogP contribution in [0.25, 0.3) is 0 Å². The zero-order valence-electron chi connectivity index (χ0n) is 16.2. The van der Waals surface area contributed by atoms with E-state index in [9.17, 15) is 17.6 Å². The Kier molecular flexibility index (Phi) is 6.45. The van der Waals surface area contributed by atoms with Gasteiger partial charge in [-0.2, -0.15) is 4.31 Å². The van der Waals surface area contributed by atoms with Gasteiger partial charge in [-0.05, 0) is 55.3 Å². The van der Waals surface area contributed by atoms with Gasteiger partial charge in [0.15, 0.2) is 0 Å². The van der Waals surface area contributed by atoms with E-state index in [0.717, 1.165) is 17.8 Å². The number of benzene rings is 2. The minimum absolute atomic E-state index is 0.0195. The molecule has 0 radical (unpaired) electrons. The molecule has 0 aromatic heterocycles. The molecule has 1 atom stereocenters. The number of halogens is 2. The Morgan fingerprint density at radius 3 is 2.52 bits per heavy atom. The molecule has 9 heteroatoms. The standard InChI is InChI=1S/C20H23ClFN3O3S/c1-24(2)19-10-7-16(12-18(19)21)23-20(26)14-4-3-11-25(13-14)29(27,28)17-8-5-15(22)6-9-17/h5-10,12,14H,3-4,11,13H2,1-2H3,(H,23,26). The molecule has 1 fully saturated rings. The second-order valence-electron chi connectivity index (χ2n) is 7.21. The van der Waals surface area contributed by atoms with Crippen molar-refractivity contribution < 1.29 is 17.6 Å². The summed E-state index contributed by atoms with van der Waals surface area (Å²) in [6.45, 7) is 0.405. The van der Waals surface area contributed by atoms with Crippen LogP contribution in [0.3, 0.4) is 0 Å². The number of hydrogen-bond donors (Lipinski definition) is 1. The number of nitrogens with one attached hydrogen (secondary N) is 1. The van der Waals surface area contributed by atoms with Gasteiger partial charge in [0, 0.05) is 32.9 Å². The highest BCUT2D eigenvalue weighted by atomic mass is 35.5. The maximum atomic E-state index is 13.1. The van der Waals surface area contributed by atoms with Crippen LogP contribution in [0, 0.1) is 11.7 Å². The predicted molar refractivity (Wildman–Crippen MR) is 112 cm³/mol. The molecule has 3 rings (SSSR count). The summed E-state index contributed by atoms with van der Waals surface area (Å²) in [5.74, 6) is -1.23. The highest BCUT2D eigenvalue weighted by molar-refractivity contribution is 7.89. The number of nitrogens with zero attached hydrogens (tertiary/aromatic N) is 2. The number of rotatable bonds is 5. The van der Waals surface area contributed by atoms with Crippen LogP contribution in [0.4, 0.5) is 15.8 Å². The Hall–Kier alpha value is -2.16. The van der Waals surface area contributed by atoms with Crippen LogP contribution < -0.4 is 10.2 Å². The normalized spacial score (nSPS) is 17.7. The van der Waals surface area contributed by atoms with Gasteiger partial charge in [-0.25, -0.2) is 12.8 Å². The lowest BCUT2D eigenvalue weighted by Gasteiger charge is -2.31. The molecule has 1 amide bonds. The van der Waals surface area contributed by atoms with Gasteiger partial charge in [-0.1, -0.05) is 11.6 Å². The van der Waals surface area contributed by atoms with Gasteiger partial charge in [0.05, 0.1) is 21.5 Å². The molecule has 0 spiro atoms. The number of piperidine rings is 1. The fraction of sp³-hybridized carbons (Fsp3) is 0.350. The largest absolute Gasteiger partial charge is 0.376 e. The summed E-state index contributed by atoms with van der Waals surface area (Å²) in [7, 11) is -0.0346. The van der Waals surface area contributed by atoms with E-state index in [-0.39, 0.29) is 17.3 Å². The van der Waals surface area contributed by atoms with Gasteiger partial charge in [0.1, 0.15) is 5.82 Å². The van der Waals surface area contributed by atoms with E-state index in [2.05, 4.69) is 5.32 Å². The zero-order valence-corrected chi connectivity index (χ0v) is 17.8. The topological polar surface area (TPSA) is 69.7 Å². The third-order valence-electron chi connectivity index (χ3n) is 4.90. The van der Waals surface area contributed by atoms with E-state index in [0.29, 0.717) is 30.1 Å². The number of amides is 1. The highest BCUT2D eigenvalue weighted by Crippen LogP contribution is 2.29. The van der Waals surface area contributed by atoms with Crippen LogP contribution >= 0.6 is 11.6 Å². The van der Waals surface area contributed by atoms with E-state index < -0.39 is 21.8 Å². The van der Waals surface area contributed by atoms with Crippen molar-refractivity contribution in [3.8, 4) is 0 Å². The molecule has 2 aromatic rings. The second-order valence-corrected chi connectivity index (χ2v) is 9.55. The van der Waals surface area contributed by atoms with Gasteiger partial charge >= 0.3 is 0 Å². The van der Waals surface area contributed by atoms with Crippen LogP contribution in [0.15, 0.2) is 47.4 Å². The van der Waals surface area contributed by atoms with E-state index in [4.69, 9.17) is 11.6 Å². The lowest BCUT2D eigenvalue weighted by atomic mass is 9.98. The summed E-state index contributed by atoms with van der Waals surface area (Å²) in [4.78, 5) is 14.6.